The molecule has 0 aliphatic rings. The molecular formula is C23H32N4O3. The SMILES string of the molecule is CCN(Cc1ccccc1)C(=O)CNC(=NC)NCCc1ccc(OC)c(OC)c1. The van der Waals surface area contributed by atoms with Crippen LogP contribution in [0.25, 0.3) is 0 Å². The molecule has 0 bridgehead atoms. The number of aliphatic imine (C=N–C) groups is 1. The monoisotopic (exact) mass is 412 g/mol. The van der Waals surface area contributed by atoms with Gasteiger partial charge in [-0.05, 0) is 36.6 Å². The average molecular weight is 413 g/mol. The number of likely N-dealkylation sites (N-methyl/N-ethyl adjacent to an activating group) is 1. The summed E-state index contributed by atoms with van der Waals surface area (Å²) in [5.74, 6) is 2.05. The minimum absolute atomic E-state index is 0.0317. The molecular weight excluding hydrogens is 380 g/mol. The van der Waals surface area contributed by atoms with E-state index in [0.29, 0.717) is 37.1 Å². The summed E-state index contributed by atoms with van der Waals surface area (Å²) in [6.07, 6.45) is 0.782. The van der Waals surface area contributed by atoms with Gasteiger partial charge < -0.3 is 25.0 Å². The number of benzene rings is 2. The molecule has 30 heavy (non-hydrogen) atoms. The Labute approximate surface area is 179 Å². The zero-order valence-corrected chi connectivity index (χ0v) is 18.3. The van der Waals surface area contributed by atoms with E-state index >= 15 is 0 Å². The van der Waals surface area contributed by atoms with Gasteiger partial charge in [0.15, 0.2) is 17.5 Å². The number of carbonyl (C=O) groups excluding carboxylic acids is 1. The maximum absolute atomic E-state index is 12.6. The highest BCUT2D eigenvalue weighted by atomic mass is 16.5. The number of guanidine groups is 1. The van der Waals surface area contributed by atoms with Gasteiger partial charge in [-0.3, -0.25) is 9.79 Å². The summed E-state index contributed by atoms with van der Waals surface area (Å²) in [6.45, 7) is 4.10. The molecule has 0 fully saturated rings. The Bertz CT molecular complexity index is 824. The topological polar surface area (TPSA) is 75.2 Å². The van der Waals surface area contributed by atoms with Crippen molar-refractivity contribution in [2.75, 3.05) is 40.9 Å². The minimum Gasteiger partial charge on any atom is -0.493 e. The van der Waals surface area contributed by atoms with Crippen molar-refractivity contribution in [1.29, 1.82) is 0 Å². The van der Waals surface area contributed by atoms with Gasteiger partial charge in [0.1, 0.15) is 0 Å². The number of rotatable bonds is 10. The average Bonchev–Trinajstić information content (AvgIpc) is 2.79. The van der Waals surface area contributed by atoms with Crippen LogP contribution in [-0.4, -0.2) is 57.7 Å². The van der Waals surface area contributed by atoms with E-state index in [2.05, 4.69) is 15.6 Å². The highest BCUT2D eigenvalue weighted by Gasteiger charge is 2.12. The Hall–Kier alpha value is -3.22. The summed E-state index contributed by atoms with van der Waals surface area (Å²) in [7, 11) is 4.94. The summed E-state index contributed by atoms with van der Waals surface area (Å²) in [5.41, 5.74) is 2.23. The molecule has 0 aliphatic heterocycles. The second kappa shape index (κ2) is 12.4. The number of hydrogen-bond donors (Lipinski definition) is 2. The van der Waals surface area contributed by atoms with E-state index < -0.39 is 0 Å². The summed E-state index contributed by atoms with van der Waals surface area (Å²) in [4.78, 5) is 18.6. The fourth-order valence-corrected chi connectivity index (χ4v) is 3.03. The third-order valence-corrected chi connectivity index (χ3v) is 4.74. The molecule has 0 unspecified atom stereocenters. The fraction of sp³-hybridized carbons (Fsp3) is 0.391. The summed E-state index contributed by atoms with van der Waals surface area (Å²) in [6, 6.07) is 15.9. The van der Waals surface area contributed by atoms with Crippen molar-refractivity contribution in [3.05, 3.63) is 59.7 Å². The Morgan fingerprint density at radius 1 is 1.00 bits per heavy atom. The Balaban J connectivity index is 1.80. The van der Waals surface area contributed by atoms with Crippen molar-refractivity contribution >= 4 is 11.9 Å². The van der Waals surface area contributed by atoms with Crippen molar-refractivity contribution in [1.82, 2.24) is 15.5 Å². The first-order valence-electron chi connectivity index (χ1n) is 10.1. The lowest BCUT2D eigenvalue weighted by Crippen LogP contribution is -2.44. The minimum atomic E-state index is 0.0317. The number of nitrogens with zero attached hydrogens (tertiary/aromatic N) is 2. The smallest absolute Gasteiger partial charge is 0.242 e. The van der Waals surface area contributed by atoms with Gasteiger partial charge in [0.2, 0.25) is 5.91 Å². The Morgan fingerprint density at radius 2 is 1.73 bits per heavy atom. The first kappa shape index (κ1) is 23.1. The predicted octanol–water partition coefficient (Wildman–Crippen LogP) is 2.46. The van der Waals surface area contributed by atoms with E-state index in [1.54, 1.807) is 21.3 Å². The van der Waals surface area contributed by atoms with Crippen LogP contribution in [0.2, 0.25) is 0 Å². The van der Waals surface area contributed by atoms with Gasteiger partial charge in [-0.15, -0.1) is 0 Å². The second-order valence-corrected chi connectivity index (χ2v) is 6.69. The van der Waals surface area contributed by atoms with Crippen LogP contribution in [0.3, 0.4) is 0 Å². The first-order chi connectivity index (χ1) is 14.6. The molecule has 2 rings (SSSR count). The standard InChI is InChI=1S/C23H32N4O3/c1-5-27(17-19-9-7-6-8-10-19)22(28)16-26-23(24-2)25-14-13-18-11-12-20(29-3)21(15-18)30-4/h6-12,15H,5,13-14,16-17H2,1-4H3,(H2,24,25,26). The molecule has 0 atom stereocenters. The number of carbonyl (C=O) groups is 1. The third kappa shape index (κ3) is 6.99. The van der Waals surface area contributed by atoms with Crippen LogP contribution >= 0.6 is 0 Å². The molecule has 7 heteroatoms. The predicted molar refractivity (Wildman–Crippen MR) is 120 cm³/mol. The Kier molecular flexibility index (Phi) is 9.51. The van der Waals surface area contributed by atoms with E-state index in [9.17, 15) is 4.79 Å². The molecule has 0 saturated heterocycles. The lowest BCUT2D eigenvalue weighted by atomic mass is 10.1. The van der Waals surface area contributed by atoms with Gasteiger partial charge in [-0.25, -0.2) is 0 Å². The van der Waals surface area contributed by atoms with Crippen LogP contribution in [0.4, 0.5) is 0 Å². The van der Waals surface area contributed by atoms with Crippen LogP contribution in [0, 0.1) is 0 Å². The molecule has 2 aromatic carbocycles. The number of methoxy groups -OCH3 is 2. The van der Waals surface area contributed by atoms with Crippen LogP contribution in [-0.2, 0) is 17.8 Å². The molecule has 1 amide bonds. The molecule has 0 aromatic heterocycles. The van der Waals surface area contributed by atoms with Gasteiger partial charge in [-0.1, -0.05) is 36.4 Å². The number of nitrogens with one attached hydrogen (secondary N) is 2. The van der Waals surface area contributed by atoms with Crippen molar-refractivity contribution < 1.29 is 14.3 Å². The lowest BCUT2D eigenvalue weighted by Gasteiger charge is -2.22. The fourth-order valence-electron chi connectivity index (χ4n) is 3.03. The summed E-state index contributed by atoms with van der Waals surface area (Å²) in [5, 5.41) is 6.34. The van der Waals surface area contributed by atoms with E-state index in [0.717, 1.165) is 17.5 Å². The molecule has 0 saturated carbocycles. The number of amides is 1. The summed E-state index contributed by atoms with van der Waals surface area (Å²) < 4.78 is 10.6. The molecule has 0 aliphatic carbocycles. The van der Waals surface area contributed by atoms with Gasteiger partial charge in [0, 0.05) is 26.7 Å². The van der Waals surface area contributed by atoms with E-state index in [1.807, 2.05) is 60.4 Å². The van der Waals surface area contributed by atoms with E-state index in [-0.39, 0.29) is 12.5 Å². The molecule has 162 valence electrons. The normalized spacial score (nSPS) is 11.0. The molecule has 7 nitrogen and oxygen atoms in total. The van der Waals surface area contributed by atoms with Gasteiger partial charge in [-0.2, -0.15) is 0 Å². The lowest BCUT2D eigenvalue weighted by molar-refractivity contribution is -0.130. The van der Waals surface area contributed by atoms with E-state index in [4.69, 9.17) is 9.47 Å². The van der Waals surface area contributed by atoms with Crippen molar-refractivity contribution in [3.63, 3.8) is 0 Å². The van der Waals surface area contributed by atoms with Crippen molar-refractivity contribution in [2.24, 2.45) is 4.99 Å². The van der Waals surface area contributed by atoms with Gasteiger partial charge >= 0.3 is 0 Å². The van der Waals surface area contributed by atoms with Gasteiger partial charge in [0.25, 0.3) is 0 Å². The molecule has 0 heterocycles. The largest absolute Gasteiger partial charge is 0.493 e. The highest BCUT2D eigenvalue weighted by molar-refractivity contribution is 5.86. The molecule has 0 radical (unpaired) electrons. The molecule has 0 spiro atoms. The van der Waals surface area contributed by atoms with Crippen molar-refractivity contribution in [2.45, 2.75) is 19.9 Å². The van der Waals surface area contributed by atoms with E-state index in [1.165, 1.54) is 0 Å². The zero-order valence-electron chi connectivity index (χ0n) is 18.3. The van der Waals surface area contributed by atoms with Crippen molar-refractivity contribution in [3.8, 4) is 11.5 Å². The Morgan fingerprint density at radius 3 is 2.37 bits per heavy atom. The zero-order chi connectivity index (χ0) is 21.8. The first-order valence-corrected chi connectivity index (χ1v) is 10.1. The number of ether oxygens (including phenoxy) is 2. The van der Waals surface area contributed by atoms with Crippen LogP contribution in [0.5, 0.6) is 11.5 Å². The van der Waals surface area contributed by atoms with Crippen LogP contribution < -0.4 is 20.1 Å². The third-order valence-electron chi connectivity index (χ3n) is 4.74. The maximum Gasteiger partial charge on any atom is 0.242 e. The molecule has 2 aromatic rings. The van der Waals surface area contributed by atoms with Gasteiger partial charge in [0.05, 0.1) is 20.8 Å². The highest BCUT2D eigenvalue weighted by Crippen LogP contribution is 2.27. The maximum atomic E-state index is 12.6. The molecule has 2 N–H and O–H groups in total. The van der Waals surface area contributed by atoms with Crippen LogP contribution in [0.15, 0.2) is 53.5 Å². The van der Waals surface area contributed by atoms with Crippen LogP contribution in [0.1, 0.15) is 18.1 Å². The summed E-state index contributed by atoms with van der Waals surface area (Å²) >= 11 is 0. The number of hydrogen-bond acceptors (Lipinski definition) is 4. The second-order valence-electron chi connectivity index (χ2n) is 6.69. The quantitative estimate of drug-likeness (QED) is 0.463.